The number of benzene rings is 1. The zero-order chi connectivity index (χ0) is 18.4. The fourth-order valence-corrected chi connectivity index (χ4v) is 3.61. The molecule has 2 aromatic rings. The molecule has 0 radical (unpaired) electrons. The van der Waals surface area contributed by atoms with Gasteiger partial charge in [0.15, 0.2) is 0 Å². The van der Waals surface area contributed by atoms with E-state index in [9.17, 15) is 4.79 Å². The number of aromatic nitrogens is 1. The molecule has 2 heterocycles. The van der Waals surface area contributed by atoms with E-state index in [2.05, 4.69) is 4.98 Å². The van der Waals surface area contributed by atoms with E-state index in [0.29, 0.717) is 13.1 Å². The largest absolute Gasteiger partial charge is 0.496 e. The number of carbonyl (C=O) groups is 1. The molecule has 0 saturated carbocycles. The van der Waals surface area contributed by atoms with Gasteiger partial charge in [0.25, 0.3) is 0 Å². The zero-order valence-corrected chi connectivity index (χ0v) is 16.0. The third kappa shape index (κ3) is 4.93. The number of carbonyl (C=O) groups excluding carboxylic acids is 1. The number of methoxy groups -OCH3 is 1. The molecular weight excluding hydrogens is 348 g/mol. The monoisotopic (exact) mass is 372 g/mol. The molecule has 3 rings (SSSR count). The molecule has 5 nitrogen and oxygen atoms in total. The van der Waals surface area contributed by atoms with Gasteiger partial charge in [0.2, 0.25) is 5.91 Å². The molecule has 0 N–H and O–H groups in total. The second-order valence-electron chi connectivity index (χ2n) is 6.29. The lowest BCUT2D eigenvalue weighted by Gasteiger charge is -2.25. The Balaban J connectivity index is 1.75. The van der Waals surface area contributed by atoms with Gasteiger partial charge < -0.3 is 14.4 Å². The molecule has 1 aromatic heterocycles. The van der Waals surface area contributed by atoms with Crippen molar-refractivity contribution in [2.24, 2.45) is 0 Å². The van der Waals surface area contributed by atoms with Gasteiger partial charge in [-0.3, -0.25) is 4.79 Å². The molecule has 6 heteroatoms. The Morgan fingerprint density at radius 1 is 1.46 bits per heavy atom. The Bertz CT molecular complexity index is 766. The summed E-state index contributed by atoms with van der Waals surface area (Å²) in [6.07, 6.45) is 5.51. The molecule has 1 fully saturated rings. The maximum atomic E-state index is 12.8. The van der Waals surface area contributed by atoms with Crippen molar-refractivity contribution in [2.75, 3.05) is 20.3 Å². The lowest BCUT2D eigenvalue weighted by atomic mass is 10.1. The smallest absolute Gasteiger partial charge is 0.247 e. The zero-order valence-electron chi connectivity index (χ0n) is 15.2. The summed E-state index contributed by atoms with van der Waals surface area (Å²) < 4.78 is 11.2. The number of hydrogen-bond acceptors (Lipinski definition) is 5. The number of nitrogens with zero attached hydrogens (tertiary/aromatic N) is 2. The Morgan fingerprint density at radius 2 is 2.31 bits per heavy atom. The number of thiazole rings is 1. The van der Waals surface area contributed by atoms with Gasteiger partial charge in [0, 0.05) is 36.7 Å². The molecule has 1 atom stereocenters. The van der Waals surface area contributed by atoms with Crippen LogP contribution in [0.5, 0.6) is 5.75 Å². The number of hydrogen-bond donors (Lipinski definition) is 0. The summed E-state index contributed by atoms with van der Waals surface area (Å²) in [4.78, 5) is 19.0. The Labute approximate surface area is 158 Å². The van der Waals surface area contributed by atoms with Crippen LogP contribution in [0.2, 0.25) is 0 Å². The van der Waals surface area contributed by atoms with Crippen molar-refractivity contribution in [3.8, 4) is 5.75 Å². The van der Waals surface area contributed by atoms with Gasteiger partial charge in [-0.2, -0.15) is 0 Å². The lowest BCUT2D eigenvalue weighted by Crippen LogP contribution is -2.36. The molecule has 1 aliphatic heterocycles. The molecule has 26 heavy (non-hydrogen) atoms. The molecule has 0 spiro atoms. The fourth-order valence-electron chi connectivity index (χ4n) is 3.02. The minimum absolute atomic E-state index is 0.0444. The van der Waals surface area contributed by atoms with Gasteiger partial charge in [-0.25, -0.2) is 4.98 Å². The van der Waals surface area contributed by atoms with Crippen molar-refractivity contribution in [1.29, 1.82) is 0 Å². The van der Waals surface area contributed by atoms with Crippen LogP contribution in [0.4, 0.5) is 0 Å². The van der Waals surface area contributed by atoms with Gasteiger partial charge >= 0.3 is 0 Å². The van der Waals surface area contributed by atoms with Crippen LogP contribution in [0.15, 0.2) is 35.7 Å². The molecular formula is C20H24N2O3S. The van der Waals surface area contributed by atoms with Crippen LogP contribution >= 0.6 is 11.3 Å². The highest BCUT2D eigenvalue weighted by Gasteiger charge is 2.22. The normalized spacial score (nSPS) is 16.9. The van der Waals surface area contributed by atoms with Gasteiger partial charge in [0.05, 0.1) is 23.9 Å². The fraction of sp³-hybridized carbons (Fsp3) is 0.400. The van der Waals surface area contributed by atoms with Gasteiger partial charge in [-0.1, -0.05) is 18.2 Å². The average Bonchev–Trinajstić information content (AvgIpc) is 3.31. The topological polar surface area (TPSA) is 51.7 Å². The highest BCUT2D eigenvalue weighted by atomic mass is 32.1. The summed E-state index contributed by atoms with van der Waals surface area (Å²) in [5, 5.41) is 2.94. The van der Waals surface area contributed by atoms with E-state index < -0.39 is 0 Å². The van der Waals surface area contributed by atoms with E-state index >= 15 is 0 Å². The summed E-state index contributed by atoms with van der Waals surface area (Å²) in [5.41, 5.74) is 1.80. The van der Waals surface area contributed by atoms with Crippen LogP contribution < -0.4 is 4.74 Å². The molecule has 0 aliphatic carbocycles. The number of rotatable bonds is 7. The van der Waals surface area contributed by atoms with E-state index in [1.807, 2.05) is 41.5 Å². The standard InChI is InChI=1S/C20H24N2O3S/c1-15-21-17(14-26-15)9-10-20(23)22(13-18-7-5-11-25-18)12-16-6-3-4-8-19(16)24-2/h3-4,6,8-10,14,18H,5,7,11-13H2,1-2H3/b10-9+/t18-/m0/s1. The van der Waals surface area contributed by atoms with Crippen LogP contribution in [0.1, 0.15) is 29.1 Å². The van der Waals surface area contributed by atoms with E-state index in [1.54, 1.807) is 30.6 Å². The third-order valence-electron chi connectivity index (χ3n) is 4.35. The highest BCUT2D eigenvalue weighted by molar-refractivity contribution is 7.09. The second-order valence-corrected chi connectivity index (χ2v) is 7.35. The predicted octanol–water partition coefficient (Wildman–Crippen LogP) is 3.68. The first-order valence-electron chi connectivity index (χ1n) is 8.78. The SMILES string of the molecule is COc1ccccc1CN(C[C@@H]1CCCO1)C(=O)/C=C/c1csc(C)n1. The van der Waals surface area contributed by atoms with Crippen molar-refractivity contribution in [3.05, 3.63) is 52.0 Å². The van der Waals surface area contributed by atoms with E-state index in [4.69, 9.17) is 9.47 Å². The minimum atomic E-state index is -0.0444. The molecule has 1 aromatic carbocycles. The number of aryl methyl sites for hydroxylation is 1. The van der Waals surface area contributed by atoms with E-state index in [1.165, 1.54) is 0 Å². The average molecular weight is 372 g/mol. The Kier molecular flexibility index (Phi) is 6.41. The highest BCUT2D eigenvalue weighted by Crippen LogP contribution is 2.21. The second kappa shape index (κ2) is 8.96. The van der Waals surface area contributed by atoms with Crippen molar-refractivity contribution >= 4 is 23.3 Å². The summed E-state index contributed by atoms with van der Waals surface area (Å²) in [7, 11) is 1.65. The molecule has 138 valence electrons. The quantitative estimate of drug-likeness (QED) is 0.696. The van der Waals surface area contributed by atoms with Crippen LogP contribution in [0.25, 0.3) is 6.08 Å². The van der Waals surface area contributed by atoms with Crippen LogP contribution in [0, 0.1) is 6.92 Å². The first-order chi connectivity index (χ1) is 12.7. The first-order valence-corrected chi connectivity index (χ1v) is 9.66. The summed E-state index contributed by atoms with van der Waals surface area (Å²) in [5.74, 6) is 0.744. The maximum absolute atomic E-state index is 12.8. The van der Waals surface area contributed by atoms with Crippen molar-refractivity contribution in [1.82, 2.24) is 9.88 Å². The van der Waals surface area contributed by atoms with Gasteiger partial charge in [0.1, 0.15) is 5.75 Å². The van der Waals surface area contributed by atoms with Crippen LogP contribution in [0.3, 0.4) is 0 Å². The maximum Gasteiger partial charge on any atom is 0.247 e. The van der Waals surface area contributed by atoms with Crippen molar-refractivity contribution in [2.45, 2.75) is 32.4 Å². The number of ether oxygens (including phenoxy) is 2. The molecule has 1 aliphatic rings. The predicted molar refractivity (Wildman–Crippen MR) is 103 cm³/mol. The Morgan fingerprint density at radius 3 is 3.00 bits per heavy atom. The minimum Gasteiger partial charge on any atom is -0.496 e. The van der Waals surface area contributed by atoms with Crippen LogP contribution in [-0.4, -0.2) is 42.2 Å². The Hall–Kier alpha value is -2.18. The van der Waals surface area contributed by atoms with E-state index in [0.717, 1.165) is 41.5 Å². The van der Waals surface area contributed by atoms with Crippen molar-refractivity contribution in [3.63, 3.8) is 0 Å². The lowest BCUT2D eigenvalue weighted by molar-refractivity contribution is -0.128. The van der Waals surface area contributed by atoms with E-state index in [-0.39, 0.29) is 12.0 Å². The molecule has 0 bridgehead atoms. The van der Waals surface area contributed by atoms with Crippen molar-refractivity contribution < 1.29 is 14.3 Å². The summed E-state index contributed by atoms with van der Waals surface area (Å²) in [6.45, 7) is 3.80. The molecule has 1 amide bonds. The molecule has 0 unspecified atom stereocenters. The number of amides is 1. The van der Waals surface area contributed by atoms with Gasteiger partial charge in [-0.05, 0) is 31.9 Å². The van der Waals surface area contributed by atoms with Gasteiger partial charge in [-0.15, -0.1) is 11.3 Å². The third-order valence-corrected chi connectivity index (χ3v) is 5.14. The summed E-state index contributed by atoms with van der Waals surface area (Å²) >= 11 is 1.57. The number of para-hydroxylation sites is 1. The molecule has 1 saturated heterocycles. The summed E-state index contributed by atoms with van der Waals surface area (Å²) in [6, 6.07) is 7.79. The van der Waals surface area contributed by atoms with Crippen LogP contribution in [-0.2, 0) is 16.1 Å². The first kappa shape index (κ1) is 18.6.